The van der Waals surface area contributed by atoms with Gasteiger partial charge in [0.2, 0.25) is 5.88 Å². The van der Waals surface area contributed by atoms with E-state index in [-0.39, 0.29) is 24.8 Å². The van der Waals surface area contributed by atoms with Crippen molar-refractivity contribution in [3.63, 3.8) is 0 Å². The third-order valence-electron chi connectivity index (χ3n) is 5.72. The summed E-state index contributed by atoms with van der Waals surface area (Å²) in [6, 6.07) is 12.3. The van der Waals surface area contributed by atoms with E-state index in [1.807, 2.05) is 36.4 Å². The highest BCUT2D eigenvalue weighted by Crippen LogP contribution is 2.39. The fraction of sp³-hybridized carbons (Fsp3) is 0.292. The van der Waals surface area contributed by atoms with Crippen LogP contribution in [0, 0.1) is 0 Å². The van der Waals surface area contributed by atoms with Crippen molar-refractivity contribution in [2.24, 2.45) is 0 Å². The van der Waals surface area contributed by atoms with E-state index < -0.39 is 29.5 Å². The Bertz CT molecular complexity index is 1100. The molecule has 1 aliphatic heterocycles. The van der Waals surface area contributed by atoms with Crippen LogP contribution in [-0.4, -0.2) is 23.0 Å². The zero-order valence-corrected chi connectivity index (χ0v) is 17.5. The summed E-state index contributed by atoms with van der Waals surface area (Å²) in [5.74, 6) is 0.408. The van der Waals surface area contributed by atoms with Crippen molar-refractivity contribution in [3.8, 4) is 17.0 Å². The number of benzene rings is 2. The fourth-order valence-electron chi connectivity index (χ4n) is 3.94. The monoisotopic (exact) mass is 466 g/mol. The van der Waals surface area contributed by atoms with Crippen LogP contribution < -0.4 is 4.74 Å². The average Bonchev–Trinajstić information content (AvgIpc) is 3.00. The van der Waals surface area contributed by atoms with Crippen LogP contribution in [0.25, 0.3) is 11.1 Å². The Hall–Kier alpha value is -3.07. The molecule has 1 atom stereocenters. The summed E-state index contributed by atoms with van der Waals surface area (Å²) in [4.78, 5) is 6.08. The average molecular weight is 466 g/mol. The number of hydrogen-bond donors (Lipinski definition) is 0. The van der Waals surface area contributed by atoms with E-state index in [9.17, 15) is 26.3 Å². The van der Waals surface area contributed by atoms with Crippen molar-refractivity contribution >= 4 is 0 Å². The van der Waals surface area contributed by atoms with Crippen molar-refractivity contribution in [1.82, 2.24) is 9.88 Å². The Morgan fingerprint density at radius 2 is 1.55 bits per heavy atom. The molecular formula is C24H20F6N2O. The first-order chi connectivity index (χ1) is 15.5. The largest absolute Gasteiger partial charge is 0.476 e. The molecule has 2 heterocycles. The Morgan fingerprint density at radius 3 is 2.15 bits per heavy atom. The molecule has 0 aliphatic carbocycles. The van der Waals surface area contributed by atoms with Gasteiger partial charge in [-0.1, -0.05) is 30.3 Å². The molecule has 0 amide bonds. The Balaban J connectivity index is 1.73. The summed E-state index contributed by atoms with van der Waals surface area (Å²) >= 11 is 0. The van der Waals surface area contributed by atoms with Crippen LogP contribution in [0.4, 0.5) is 26.3 Å². The van der Waals surface area contributed by atoms with E-state index in [1.165, 1.54) is 0 Å². The van der Waals surface area contributed by atoms with Crippen molar-refractivity contribution in [1.29, 1.82) is 0 Å². The van der Waals surface area contributed by atoms with Crippen molar-refractivity contribution in [2.45, 2.75) is 31.9 Å². The zero-order chi connectivity index (χ0) is 23.8. The smallest absolute Gasteiger partial charge is 0.416 e. The lowest BCUT2D eigenvalue weighted by atomic mass is 9.97. The number of rotatable bonds is 3. The van der Waals surface area contributed by atoms with Crippen LogP contribution in [0.2, 0.25) is 0 Å². The van der Waals surface area contributed by atoms with Gasteiger partial charge in [-0.2, -0.15) is 26.3 Å². The molecule has 0 saturated carbocycles. The summed E-state index contributed by atoms with van der Waals surface area (Å²) in [7, 11) is 0. The molecule has 2 aromatic carbocycles. The molecule has 0 spiro atoms. The standard InChI is InChI=1S/C24H20F6N2O/c1-15(17-11-18(23(25,26)27)13-19(12-17)24(28,29)30)32-9-10-33-22-21(14-32)20(7-8-31-22)16-5-3-2-4-6-16/h2-8,11-13,15H,9-10,14H2,1H3. The third kappa shape index (κ3) is 4.98. The number of fused-ring (bicyclic) bond motifs is 1. The summed E-state index contributed by atoms with van der Waals surface area (Å²) in [6.45, 7) is 2.36. The highest BCUT2D eigenvalue weighted by atomic mass is 19.4. The molecule has 0 saturated heterocycles. The van der Waals surface area contributed by atoms with Crippen LogP contribution in [0.3, 0.4) is 0 Å². The molecule has 1 aromatic heterocycles. The molecule has 1 aliphatic rings. The van der Waals surface area contributed by atoms with Crippen LogP contribution in [0.5, 0.6) is 5.88 Å². The van der Waals surface area contributed by atoms with Gasteiger partial charge in [0.05, 0.1) is 11.1 Å². The normalized spacial score (nSPS) is 16.0. The summed E-state index contributed by atoms with van der Waals surface area (Å²) in [6.07, 6.45) is -8.17. The number of nitrogens with zero attached hydrogens (tertiary/aromatic N) is 2. The fourth-order valence-corrected chi connectivity index (χ4v) is 3.94. The predicted molar refractivity (Wildman–Crippen MR) is 110 cm³/mol. The van der Waals surface area contributed by atoms with E-state index in [2.05, 4.69) is 4.98 Å². The summed E-state index contributed by atoms with van der Waals surface area (Å²) < 4.78 is 85.8. The molecule has 0 fully saturated rings. The maximum Gasteiger partial charge on any atom is 0.416 e. The molecule has 9 heteroatoms. The van der Waals surface area contributed by atoms with Gasteiger partial charge in [-0.3, -0.25) is 4.90 Å². The maximum absolute atomic E-state index is 13.3. The number of halogens is 6. The van der Waals surface area contributed by atoms with Crippen LogP contribution >= 0.6 is 0 Å². The predicted octanol–water partition coefficient (Wildman–Crippen LogP) is 6.74. The van der Waals surface area contributed by atoms with Crippen molar-refractivity contribution in [2.75, 3.05) is 13.2 Å². The summed E-state index contributed by atoms with van der Waals surface area (Å²) in [5, 5.41) is 0. The van der Waals surface area contributed by atoms with E-state index in [0.29, 0.717) is 12.4 Å². The number of alkyl halides is 6. The molecule has 0 bridgehead atoms. The molecule has 0 N–H and O–H groups in total. The lowest BCUT2D eigenvalue weighted by Crippen LogP contribution is -2.29. The van der Waals surface area contributed by atoms with E-state index >= 15 is 0 Å². The number of pyridine rings is 1. The first-order valence-corrected chi connectivity index (χ1v) is 10.2. The minimum Gasteiger partial charge on any atom is -0.476 e. The van der Waals surface area contributed by atoms with Gasteiger partial charge in [0.25, 0.3) is 0 Å². The van der Waals surface area contributed by atoms with Gasteiger partial charge in [0.1, 0.15) is 6.61 Å². The minimum atomic E-state index is -4.89. The Labute approximate surface area is 186 Å². The number of ether oxygens (including phenoxy) is 1. The van der Waals surface area contributed by atoms with E-state index in [1.54, 1.807) is 18.0 Å². The van der Waals surface area contributed by atoms with Gasteiger partial charge in [0.15, 0.2) is 0 Å². The Kier molecular flexibility index (Phi) is 6.09. The van der Waals surface area contributed by atoms with Crippen molar-refractivity contribution in [3.05, 3.63) is 83.0 Å². The highest BCUT2D eigenvalue weighted by molar-refractivity contribution is 5.69. The van der Waals surface area contributed by atoms with Gasteiger partial charge in [0, 0.05) is 30.9 Å². The van der Waals surface area contributed by atoms with Gasteiger partial charge in [-0.15, -0.1) is 0 Å². The number of hydrogen-bond acceptors (Lipinski definition) is 3. The van der Waals surface area contributed by atoms with Gasteiger partial charge < -0.3 is 4.74 Å². The lowest BCUT2D eigenvalue weighted by molar-refractivity contribution is -0.143. The molecule has 3 nitrogen and oxygen atoms in total. The maximum atomic E-state index is 13.3. The zero-order valence-electron chi connectivity index (χ0n) is 17.5. The number of aromatic nitrogens is 1. The second-order valence-electron chi connectivity index (χ2n) is 7.84. The van der Waals surface area contributed by atoms with Gasteiger partial charge >= 0.3 is 12.4 Å². The quantitative estimate of drug-likeness (QED) is 0.400. The molecular weight excluding hydrogens is 446 g/mol. The first kappa shape index (κ1) is 23.1. The van der Waals surface area contributed by atoms with Gasteiger partial charge in [-0.05, 0) is 47.9 Å². The van der Waals surface area contributed by atoms with Crippen LogP contribution in [-0.2, 0) is 18.9 Å². The van der Waals surface area contributed by atoms with E-state index in [4.69, 9.17) is 4.74 Å². The molecule has 4 rings (SSSR count). The third-order valence-corrected chi connectivity index (χ3v) is 5.72. The molecule has 174 valence electrons. The molecule has 0 radical (unpaired) electrons. The van der Waals surface area contributed by atoms with Crippen LogP contribution in [0.15, 0.2) is 60.8 Å². The highest BCUT2D eigenvalue weighted by Gasteiger charge is 2.38. The second kappa shape index (κ2) is 8.70. The lowest BCUT2D eigenvalue weighted by Gasteiger charge is -2.29. The van der Waals surface area contributed by atoms with Crippen molar-refractivity contribution < 1.29 is 31.1 Å². The Morgan fingerprint density at radius 1 is 0.909 bits per heavy atom. The minimum absolute atomic E-state index is 0.0641. The van der Waals surface area contributed by atoms with E-state index in [0.717, 1.165) is 28.8 Å². The molecule has 33 heavy (non-hydrogen) atoms. The first-order valence-electron chi connectivity index (χ1n) is 10.2. The van der Waals surface area contributed by atoms with Crippen LogP contribution in [0.1, 0.15) is 35.2 Å². The SMILES string of the molecule is CC(c1cc(C(F)(F)F)cc(C(F)(F)F)c1)N1CCOc2nccc(-c3ccccc3)c2C1. The summed E-state index contributed by atoms with van der Waals surface area (Å²) in [5.41, 5.74) is -0.219. The second-order valence-corrected chi connectivity index (χ2v) is 7.84. The molecule has 1 unspecified atom stereocenters. The molecule has 3 aromatic rings. The van der Waals surface area contributed by atoms with Gasteiger partial charge in [-0.25, -0.2) is 4.98 Å². The topological polar surface area (TPSA) is 25.4 Å².